The molecule has 0 atom stereocenters. The third-order valence-electron chi connectivity index (χ3n) is 4.17. The zero-order valence-electron chi connectivity index (χ0n) is 16.8. The van der Waals surface area contributed by atoms with Gasteiger partial charge in [-0.05, 0) is 26.0 Å². The van der Waals surface area contributed by atoms with E-state index in [1.165, 1.54) is 30.1 Å². The van der Waals surface area contributed by atoms with Crippen LogP contribution >= 0.6 is 0 Å². The van der Waals surface area contributed by atoms with Crippen LogP contribution in [-0.4, -0.2) is 46.8 Å². The van der Waals surface area contributed by atoms with Crippen molar-refractivity contribution in [3.63, 3.8) is 0 Å². The summed E-state index contributed by atoms with van der Waals surface area (Å²) in [6, 6.07) is 7.56. The molecule has 11 heteroatoms. The lowest BCUT2D eigenvalue weighted by Crippen LogP contribution is -2.25. The molecule has 0 bridgehead atoms. The van der Waals surface area contributed by atoms with Crippen molar-refractivity contribution in [2.45, 2.75) is 20.5 Å². The van der Waals surface area contributed by atoms with Crippen LogP contribution in [0.25, 0.3) is 16.6 Å². The number of alkyl halides is 2. The van der Waals surface area contributed by atoms with E-state index in [9.17, 15) is 18.4 Å². The van der Waals surface area contributed by atoms with E-state index in [-0.39, 0.29) is 23.6 Å². The molecule has 3 rings (SSSR count). The van der Waals surface area contributed by atoms with Crippen molar-refractivity contribution in [2.75, 3.05) is 13.7 Å². The van der Waals surface area contributed by atoms with Crippen molar-refractivity contribution in [1.29, 1.82) is 0 Å². The maximum atomic E-state index is 13.2. The summed E-state index contributed by atoms with van der Waals surface area (Å²) in [5.74, 6) is -1.27. The molecule has 0 aliphatic rings. The molecule has 0 saturated carbocycles. The number of carbonyl (C=O) groups is 1. The molecule has 0 radical (unpaired) electrons. The van der Waals surface area contributed by atoms with Crippen molar-refractivity contribution in [2.24, 2.45) is 5.16 Å². The standard InChI is InChI=1S/C20H18F2N4O5/c1-4-30-19(28)17-18(27)16-13(11(2)25-29-3)6-5-7-14(16)26(24-17)12-8-9-23-15(10-12)31-20(21)22/h5-10,20H,4H2,1-3H3/b25-11-. The monoisotopic (exact) mass is 432 g/mol. The number of benzene rings is 1. The summed E-state index contributed by atoms with van der Waals surface area (Å²) in [6.07, 6.45) is 1.24. The van der Waals surface area contributed by atoms with Crippen LogP contribution in [0.15, 0.2) is 46.5 Å². The minimum absolute atomic E-state index is 0.0332. The van der Waals surface area contributed by atoms with Gasteiger partial charge in [-0.1, -0.05) is 17.3 Å². The Hall–Kier alpha value is -3.89. The molecular weight excluding hydrogens is 414 g/mol. The van der Waals surface area contributed by atoms with E-state index in [0.717, 1.165) is 0 Å². The first-order valence-electron chi connectivity index (χ1n) is 9.09. The molecule has 31 heavy (non-hydrogen) atoms. The van der Waals surface area contributed by atoms with Gasteiger partial charge >= 0.3 is 12.6 Å². The van der Waals surface area contributed by atoms with Gasteiger partial charge in [0.15, 0.2) is 0 Å². The highest BCUT2D eigenvalue weighted by molar-refractivity contribution is 6.09. The van der Waals surface area contributed by atoms with Gasteiger partial charge in [0.2, 0.25) is 17.0 Å². The number of halogens is 2. The summed E-state index contributed by atoms with van der Waals surface area (Å²) >= 11 is 0. The quantitative estimate of drug-likeness (QED) is 0.321. The molecule has 0 aliphatic carbocycles. The fourth-order valence-corrected chi connectivity index (χ4v) is 2.98. The maximum absolute atomic E-state index is 13.2. The van der Waals surface area contributed by atoms with Gasteiger partial charge in [-0.15, -0.1) is 0 Å². The second kappa shape index (κ2) is 9.28. The predicted molar refractivity (Wildman–Crippen MR) is 107 cm³/mol. The average molecular weight is 432 g/mol. The number of hydrogen-bond donors (Lipinski definition) is 0. The first kappa shape index (κ1) is 21.8. The lowest BCUT2D eigenvalue weighted by atomic mass is 10.0. The Balaban J connectivity index is 2.37. The smallest absolute Gasteiger partial charge is 0.388 e. The van der Waals surface area contributed by atoms with E-state index in [1.807, 2.05) is 0 Å². The van der Waals surface area contributed by atoms with E-state index in [0.29, 0.717) is 16.8 Å². The molecule has 2 aromatic heterocycles. The average Bonchev–Trinajstić information content (AvgIpc) is 2.73. The number of pyridine rings is 1. The molecule has 0 amide bonds. The first-order chi connectivity index (χ1) is 14.9. The molecule has 0 aliphatic heterocycles. The first-order valence-corrected chi connectivity index (χ1v) is 9.09. The van der Waals surface area contributed by atoms with Crippen molar-refractivity contribution in [3.05, 3.63) is 58.0 Å². The Morgan fingerprint density at radius 3 is 2.74 bits per heavy atom. The molecule has 0 fully saturated rings. The summed E-state index contributed by atoms with van der Waals surface area (Å²) < 4.78 is 35.8. The SMILES string of the molecule is CCOC(=O)c1nn(-c2ccnc(OC(F)F)c2)c2cccc(/C(C)=N\OC)c2c1=O. The highest BCUT2D eigenvalue weighted by atomic mass is 19.3. The Morgan fingerprint density at radius 1 is 1.29 bits per heavy atom. The third kappa shape index (κ3) is 4.49. The van der Waals surface area contributed by atoms with E-state index >= 15 is 0 Å². The number of aromatic nitrogens is 3. The fourth-order valence-electron chi connectivity index (χ4n) is 2.98. The third-order valence-corrected chi connectivity index (χ3v) is 4.17. The van der Waals surface area contributed by atoms with Crippen molar-refractivity contribution in [3.8, 4) is 11.6 Å². The predicted octanol–water partition coefficient (Wildman–Crippen LogP) is 2.93. The summed E-state index contributed by atoms with van der Waals surface area (Å²) in [7, 11) is 1.36. The van der Waals surface area contributed by atoms with Gasteiger partial charge in [-0.3, -0.25) is 4.79 Å². The lowest BCUT2D eigenvalue weighted by molar-refractivity contribution is -0.0528. The van der Waals surface area contributed by atoms with Gasteiger partial charge < -0.3 is 14.3 Å². The van der Waals surface area contributed by atoms with Gasteiger partial charge in [0.25, 0.3) is 0 Å². The van der Waals surface area contributed by atoms with Crippen LogP contribution in [0.2, 0.25) is 0 Å². The minimum atomic E-state index is -3.07. The van der Waals surface area contributed by atoms with Crippen LogP contribution in [0.5, 0.6) is 5.88 Å². The van der Waals surface area contributed by atoms with Gasteiger partial charge in [0.05, 0.1) is 28.9 Å². The molecule has 0 unspecified atom stereocenters. The second-order valence-corrected chi connectivity index (χ2v) is 6.10. The molecule has 2 heterocycles. The summed E-state index contributed by atoms with van der Waals surface area (Å²) in [5, 5.41) is 8.14. The number of hydrogen-bond acceptors (Lipinski definition) is 8. The van der Waals surface area contributed by atoms with Gasteiger partial charge in [0, 0.05) is 17.8 Å². The highest BCUT2D eigenvalue weighted by Crippen LogP contribution is 2.22. The number of esters is 1. The van der Waals surface area contributed by atoms with Crippen LogP contribution in [0.3, 0.4) is 0 Å². The molecule has 162 valence electrons. The van der Waals surface area contributed by atoms with Crippen molar-refractivity contribution >= 4 is 22.6 Å². The van der Waals surface area contributed by atoms with Crippen LogP contribution < -0.4 is 10.2 Å². The van der Waals surface area contributed by atoms with E-state index in [2.05, 4.69) is 20.0 Å². The molecular formula is C20H18F2N4O5. The van der Waals surface area contributed by atoms with Crippen LogP contribution in [0.1, 0.15) is 29.9 Å². The second-order valence-electron chi connectivity index (χ2n) is 6.10. The lowest BCUT2D eigenvalue weighted by Gasteiger charge is -2.14. The summed E-state index contributed by atoms with van der Waals surface area (Å²) in [5.41, 5.74) is 0.192. The van der Waals surface area contributed by atoms with E-state index < -0.39 is 23.7 Å². The normalized spacial score (nSPS) is 11.6. The zero-order valence-corrected chi connectivity index (χ0v) is 16.8. The van der Waals surface area contributed by atoms with E-state index in [1.54, 1.807) is 32.0 Å². The topological polar surface area (TPSA) is 105 Å². The number of fused-ring (bicyclic) bond motifs is 1. The summed E-state index contributed by atoms with van der Waals surface area (Å²) in [6.45, 7) is 0.185. The molecule has 0 spiro atoms. The highest BCUT2D eigenvalue weighted by Gasteiger charge is 2.22. The van der Waals surface area contributed by atoms with Crippen LogP contribution in [0.4, 0.5) is 8.78 Å². The van der Waals surface area contributed by atoms with Gasteiger partial charge in [-0.25, -0.2) is 14.5 Å². The molecule has 0 saturated heterocycles. The van der Waals surface area contributed by atoms with Gasteiger partial charge in [0.1, 0.15) is 7.11 Å². The fraction of sp³-hybridized carbons (Fsp3) is 0.250. The largest absolute Gasteiger partial charge is 0.461 e. The number of carbonyl (C=O) groups excluding carboxylic acids is 1. The van der Waals surface area contributed by atoms with Crippen molar-refractivity contribution < 1.29 is 27.9 Å². The van der Waals surface area contributed by atoms with Crippen LogP contribution in [-0.2, 0) is 9.57 Å². The Bertz CT molecular complexity index is 1210. The van der Waals surface area contributed by atoms with Crippen molar-refractivity contribution in [1.82, 2.24) is 14.8 Å². The summed E-state index contributed by atoms with van der Waals surface area (Å²) in [4.78, 5) is 34.1. The van der Waals surface area contributed by atoms with E-state index in [4.69, 9.17) is 9.57 Å². The Labute approximate surface area is 174 Å². The molecule has 9 nitrogen and oxygen atoms in total. The molecule has 3 aromatic rings. The number of oxime groups is 1. The van der Waals surface area contributed by atoms with Crippen LogP contribution in [0, 0.1) is 0 Å². The Morgan fingerprint density at radius 2 is 2.06 bits per heavy atom. The minimum Gasteiger partial charge on any atom is -0.461 e. The maximum Gasteiger partial charge on any atom is 0.388 e. The number of rotatable bonds is 7. The number of nitrogens with zero attached hydrogens (tertiary/aromatic N) is 4. The van der Waals surface area contributed by atoms with Gasteiger partial charge in [-0.2, -0.15) is 13.9 Å². The zero-order chi connectivity index (χ0) is 22.5. The molecule has 0 N–H and O–H groups in total. The Kier molecular flexibility index (Phi) is 6.53. The molecule has 1 aromatic carbocycles. The number of ether oxygens (including phenoxy) is 2.